The standard InChI is InChI=1S/C16H13N3O2S2/c1-10(20)11-3-2-4-12(7-11)19-14(21)8-23-16-13-5-6-22-15(13)17-9-18-16/h2-7,9H,8H2,1H3,(H,19,21). The summed E-state index contributed by atoms with van der Waals surface area (Å²) in [6.07, 6.45) is 1.51. The molecule has 1 N–H and O–H groups in total. The number of fused-ring (bicyclic) bond motifs is 1. The van der Waals surface area contributed by atoms with E-state index in [9.17, 15) is 9.59 Å². The van der Waals surface area contributed by atoms with Crippen LogP contribution in [-0.4, -0.2) is 27.4 Å². The Balaban J connectivity index is 1.65. The summed E-state index contributed by atoms with van der Waals surface area (Å²) in [5.74, 6) is 0.0701. The molecule has 0 aliphatic carbocycles. The summed E-state index contributed by atoms with van der Waals surface area (Å²) in [4.78, 5) is 32.8. The monoisotopic (exact) mass is 343 g/mol. The third kappa shape index (κ3) is 3.75. The molecule has 7 heteroatoms. The molecule has 0 aliphatic rings. The van der Waals surface area contributed by atoms with Crippen molar-refractivity contribution in [2.75, 3.05) is 11.1 Å². The molecule has 0 unspecified atom stereocenters. The second kappa shape index (κ2) is 6.89. The second-order valence-corrected chi connectivity index (χ2v) is 6.65. The molecule has 23 heavy (non-hydrogen) atoms. The Morgan fingerprint density at radius 3 is 2.96 bits per heavy atom. The number of hydrogen-bond acceptors (Lipinski definition) is 6. The van der Waals surface area contributed by atoms with Crippen molar-refractivity contribution in [3.05, 3.63) is 47.6 Å². The molecule has 5 nitrogen and oxygen atoms in total. The highest BCUT2D eigenvalue weighted by atomic mass is 32.2. The van der Waals surface area contributed by atoms with E-state index >= 15 is 0 Å². The number of benzene rings is 1. The van der Waals surface area contributed by atoms with Crippen molar-refractivity contribution in [2.24, 2.45) is 0 Å². The summed E-state index contributed by atoms with van der Waals surface area (Å²) in [5, 5.41) is 6.51. The summed E-state index contributed by atoms with van der Waals surface area (Å²) in [6.45, 7) is 1.50. The highest BCUT2D eigenvalue weighted by molar-refractivity contribution is 8.00. The van der Waals surface area contributed by atoms with Gasteiger partial charge >= 0.3 is 0 Å². The molecular weight excluding hydrogens is 330 g/mol. The van der Waals surface area contributed by atoms with Gasteiger partial charge in [-0.2, -0.15) is 0 Å². The summed E-state index contributed by atoms with van der Waals surface area (Å²) in [7, 11) is 0. The van der Waals surface area contributed by atoms with Crippen LogP contribution >= 0.6 is 23.1 Å². The number of aromatic nitrogens is 2. The first-order valence-electron chi connectivity index (χ1n) is 6.85. The Morgan fingerprint density at radius 1 is 1.26 bits per heavy atom. The zero-order valence-corrected chi connectivity index (χ0v) is 13.9. The van der Waals surface area contributed by atoms with Gasteiger partial charge in [0.15, 0.2) is 5.78 Å². The van der Waals surface area contributed by atoms with Gasteiger partial charge in [-0.3, -0.25) is 9.59 Å². The fraction of sp³-hybridized carbons (Fsp3) is 0.125. The molecule has 3 aromatic rings. The Labute approximate surface area is 141 Å². The lowest BCUT2D eigenvalue weighted by Gasteiger charge is -2.06. The van der Waals surface area contributed by atoms with Crippen LogP contribution in [-0.2, 0) is 4.79 Å². The SMILES string of the molecule is CC(=O)c1cccc(NC(=O)CSc2ncnc3sccc23)c1. The van der Waals surface area contributed by atoms with Gasteiger partial charge in [0.2, 0.25) is 5.91 Å². The molecule has 2 aromatic heterocycles. The van der Waals surface area contributed by atoms with Crippen LogP contribution in [0.15, 0.2) is 47.1 Å². The lowest BCUT2D eigenvalue weighted by molar-refractivity contribution is -0.113. The molecule has 0 fully saturated rings. The normalized spacial score (nSPS) is 10.7. The minimum absolute atomic E-state index is 0.0312. The summed E-state index contributed by atoms with van der Waals surface area (Å²) in [6, 6.07) is 8.86. The molecule has 0 bridgehead atoms. The number of ketones is 1. The minimum atomic E-state index is -0.141. The molecule has 2 heterocycles. The van der Waals surface area contributed by atoms with E-state index in [0.717, 1.165) is 15.2 Å². The zero-order chi connectivity index (χ0) is 16.2. The lowest BCUT2D eigenvalue weighted by Crippen LogP contribution is -2.14. The number of carbonyl (C=O) groups is 2. The summed E-state index contributed by atoms with van der Waals surface area (Å²) < 4.78 is 0. The number of Topliss-reactive ketones (excluding diaryl/α,β-unsaturated/α-hetero) is 1. The van der Waals surface area contributed by atoms with Crippen LogP contribution in [0.25, 0.3) is 10.2 Å². The number of nitrogens with one attached hydrogen (secondary N) is 1. The van der Waals surface area contributed by atoms with Crippen LogP contribution in [0.4, 0.5) is 5.69 Å². The smallest absolute Gasteiger partial charge is 0.234 e. The molecule has 1 amide bonds. The number of thioether (sulfide) groups is 1. The number of amides is 1. The van der Waals surface area contributed by atoms with Crippen LogP contribution in [0, 0.1) is 0 Å². The topological polar surface area (TPSA) is 72.0 Å². The number of carbonyl (C=O) groups excluding carboxylic acids is 2. The van der Waals surface area contributed by atoms with Crippen LogP contribution < -0.4 is 5.32 Å². The van der Waals surface area contributed by atoms with Crippen molar-refractivity contribution in [1.29, 1.82) is 0 Å². The van der Waals surface area contributed by atoms with E-state index in [2.05, 4.69) is 15.3 Å². The Kier molecular flexibility index (Phi) is 4.68. The van der Waals surface area contributed by atoms with E-state index in [1.165, 1.54) is 25.0 Å². The quantitative estimate of drug-likeness (QED) is 0.435. The predicted molar refractivity (Wildman–Crippen MR) is 93.2 cm³/mol. The van der Waals surface area contributed by atoms with Gasteiger partial charge in [0, 0.05) is 16.6 Å². The first-order chi connectivity index (χ1) is 11.1. The molecule has 0 radical (unpaired) electrons. The average Bonchev–Trinajstić information content (AvgIpc) is 3.02. The van der Waals surface area contributed by atoms with Crippen LogP contribution in [0.2, 0.25) is 0 Å². The van der Waals surface area contributed by atoms with E-state index in [1.807, 2.05) is 11.4 Å². The van der Waals surface area contributed by atoms with Crippen molar-refractivity contribution in [3.63, 3.8) is 0 Å². The fourth-order valence-corrected chi connectivity index (χ4v) is 3.61. The maximum atomic E-state index is 12.1. The summed E-state index contributed by atoms with van der Waals surface area (Å²) in [5.41, 5.74) is 1.19. The van der Waals surface area contributed by atoms with E-state index in [4.69, 9.17) is 0 Å². The van der Waals surface area contributed by atoms with E-state index < -0.39 is 0 Å². The number of nitrogens with zero attached hydrogens (tertiary/aromatic N) is 2. The van der Waals surface area contributed by atoms with Gasteiger partial charge in [-0.25, -0.2) is 9.97 Å². The van der Waals surface area contributed by atoms with E-state index in [1.54, 1.807) is 35.6 Å². The van der Waals surface area contributed by atoms with E-state index in [0.29, 0.717) is 11.3 Å². The van der Waals surface area contributed by atoms with Crippen LogP contribution in [0.5, 0.6) is 0 Å². The predicted octanol–water partition coefficient (Wildman–Crippen LogP) is 3.62. The lowest BCUT2D eigenvalue weighted by atomic mass is 10.1. The van der Waals surface area contributed by atoms with Gasteiger partial charge < -0.3 is 5.32 Å². The first-order valence-corrected chi connectivity index (χ1v) is 8.72. The molecule has 0 saturated heterocycles. The molecule has 0 aliphatic heterocycles. The highest BCUT2D eigenvalue weighted by Crippen LogP contribution is 2.27. The molecule has 116 valence electrons. The van der Waals surface area contributed by atoms with Gasteiger partial charge in [0.1, 0.15) is 16.2 Å². The molecule has 1 aromatic carbocycles. The minimum Gasteiger partial charge on any atom is -0.325 e. The van der Waals surface area contributed by atoms with Crippen molar-refractivity contribution in [2.45, 2.75) is 11.9 Å². The Morgan fingerprint density at radius 2 is 2.13 bits per heavy atom. The van der Waals surface area contributed by atoms with Crippen LogP contribution in [0.1, 0.15) is 17.3 Å². The number of thiophene rings is 1. The van der Waals surface area contributed by atoms with Gasteiger partial charge in [-0.1, -0.05) is 23.9 Å². The molecule has 0 saturated carbocycles. The van der Waals surface area contributed by atoms with Crippen molar-refractivity contribution >= 4 is 50.7 Å². The van der Waals surface area contributed by atoms with Gasteiger partial charge in [0.05, 0.1) is 5.75 Å². The number of rotatable bonds is 5. The Bertz CT molecular complexity index is 876. The van der Waals surface area contributed by atoms with Gasteiger partial charge in [0.25, 0.3) is 0 Å². The molecule has 3 rings (SSSR count). The molecule has 0 atom stereocenters. The van der Waals surface area contributed by atoms with Gasteiger partial charge in [-0.15, -0.1) is 11.3 Å². The zero-order valence-electron chi connectivity index (χ0n) is 12.3. The number of hydrogen-bond donors (Lipinski definition) is 1. The van der Waals surface area contributed by atoms with Crippen molar-refractivity contribution in [1.82, 2.24) is 9.97 Å². The summed E-state index contributed by atoms with van der Waals surface area (Å²) >= 11 is 2.91. The third-order valence-corrected chi connectivity index (χ3v) is 4.94. The fourth-order valence-electron chi connectivity index (χ4n) is 2.03. The van der Waals surface area contributed by atoms with Crippen molar-refractivity contribution < 1.29 is 9.59 Å². The molecular formula is C16H13N3O2S2. The molecule has 0 spiro atoms. The average molecular weight is 343 g/mol. The first kappa shape index (κ1) is 15.6. The van der Waals surface area contributed by atoms with Crippen molar-refractivity contribution in [3.8, 4) is 0 Å². The van der Waals surface area contributed by atoms with Crippen LogP contribution in [0.3, 0.4) is 0 Å². The maximum absolute atomic E-state index is 12.1. The highest BCUT2D eigenvalue weighted by Gasteiger charge is 2.09. The van der Waals surface area contributed by atoms with Gasteiger partial charge in [-0.05, 0) is 30.5 Å². The number of anilines is 1. The largest absolute Gasteiger partial charge is 0.325 e. The maximum Gasteiger partial charge on any atom is 0.234 e. The van der Waals surface area contributed by atoms with E-state index in [-0.39, 0.29) is 17.4 Å². The Hall–Kier alpha value is -2.25. The third-order valence-electron chi connectivity index (χ3n) is 3.12. The second-order valence-electron chi connectivity index (χ2n) is 4.79.